The van der Waals surface area contributed by atoms with Gasteiger partial charge in [0, 0.05) is 88.6 Å². The Labute approximate surface area is 712 Å². The molecule has 7 heteroatoms. The quantitative estimate of drug-likeness (QED) is 0.142. The number of hydrogen-bond acceptors (Lipinski definition) is 2. The molecule has 19 aromatic rings. The van der Waals surface area contributed by atoms with Gasteiger partial charge in [0.25, 0.3) is 6.71 Å². The Bertz CT molecular complexity index is 7000. The zero-order chi connectivity index (χ0) is 83.7. The van der Waals surface area contributed by atoms with Crippen molar-refractivity contribution in [2.45, 2.75) is 159 Å². The number of fused-ring (bicyclic) bond motifs is 16. The minimum atomic E-state index is -0.358. The Hall–Kier alpha value is -12.8. The van der Waals surface area contributed by atoms with E-state index >= 15 is 0 Å². The summed E-state index contributed by atoms with van der Waals surface area (Å²) in [5.74, 6) is 0. The summed E-state index contributed by atoms with van der Waals surface area (Å²) in [6.07, 6.45) is 0. The van der Waals surface area contributed by atoms with E-state index in [2.05, 4.69) is 451 Å². The van der Waals surface area contributed by atoms with E-state index in [1.54, 1.807) is 0 Å². The van der Waals surface area contributed by atoms with Crippen molar-refractivity contribution in [3.63, 3.8) is 0 Å². The standard InChI is InChI=1S/C114H105BN6/c1-68-36-46-99-85(52-68)91-54-70(3)56-105(108(91)118(99)81-34-26-32-74(58-81)72-28-22-20-23-29-72)120-101-66-83(116-95-48-38-76(110(5,6)7)60-87(95)88-61-77(111(8,9)10)39-49-96(88)116)42-44-93(101)115-94-45-43-84(117-97-50-40-78(112(11,12)13)62-89(97)90-63-79(113(14,15)16)41-51-98(90)117)67-102(94)121(104-65-80(114(17,18)19)64-103(120)107(104)115)106-57-71(4)55-92-86-53-69(2)37-47-100(86)119(109(92)106)82-35-27-33-75(59-82)73-30-24-21-25-31-73/h20-67H,1-19H3. The van der Waals surface area contributed by atoms with Crippen LogP contribution in [0.1, 0.15) is 154 Å². The monoisotopic (exact) mass is 1570 g/mol. The maximum absolute atomic E-state index is 2.75. The summed E-state index contributed by atoms with van der Waals surface area (Å²) >= 11 is 0. The van der Waals surface area contributed by atoms with Crippen molar-refractivity contribution in [3.05, 3.63) is 341 Å². The van der Waals surface area contributed by atoms with Crippen LogP contribution in [0.15, 0.2) is 291 Å². The lowest BCUT2D eigenvalue weighted by Crippen LogP contribution is -2.61. The molecule has 121 heavy (non-hydrogen) atoms. The van der Waals surface area contributed by atoms with Gasteiger partial charge in [-0.1, -0.05) is 248 Å². The molecule has 0 saturated heterocycles. The van der Waals surface area contributed by atoms with Gasteiger partial charge in [0.05, 0.1) is 55.5 Å². The fourth-order valence-electron chi connectivity index (χ4n) is 20.2. The van der Waals surface area contributed by atoms with Crippen LogP contribution in [0.25, 0.3) is 132 Å². The smallest absolute Gasteiger partial charge is 0.252 e. The van der Waals surface area contributed by atoms with E-state index in [1.165, 1.54) is 154 Å². The summed E-state index contributed by atoms with van der Waals surface area (Å²) in [6.45, 7) is 44.2. The van der Waals surface area contributed by atoms with Crippen LogP contribution in [0, 0.1) is 27.7 Å². The maximum Gasteiger partial charge on any atom is 0.252 e. The van der Waals surface area contributed by atoms with Crippen molar-refractivity contribution < 1.29 is 0 Å². The molecule has 0 atom stereocenters. The van der Waals surface area contributed by atoms with Gasteiger partial charge >= 0.3 is 0 Å². The van der Waals surface area contributed by atoms with Gasteiger partial charge < -0.3 is 28.1 Å². The largest absolute Gasteiger partial charge is 0.309 e. The van der Waals surface area contributed by atoms with Crippen molar-refractivity contribution in [2.24, 2.45) is 0 Å². The first-order valence-electron chi connectivity index (χ1n) is 43.5. The Morgan fingerprint density at radius 2 is 0.512 bits per heavy atom. The predicted molar refractivity (Wildman–Crippen MR) is 521 cm³/mol. The van der Waals surface area contributed by atoms with Crippen LogP contribution in [-0.2, 0) is 27.1 Å². The van der Waals surface area contributed by atoms with Crippen LogP contribution in [-0.4, -0.2) is 25.0 Å². The molecule has 15 aromatic carbocycles. The van der Waals surface area contributed by atoms with Crippen LogP contribution < -0.4 is 26.2 Å². The third kappa shape index (κ3) is 12.1. The average molecular weight is 1570 g/mol. The molecule has 0 aliphatic carbocycles. The molecule has 0 bridgehead atoms. The number of anilines is 6. The first-order valence-corrected chi connectivity index (χ1v) is 43.5. The minimum absolute atomic E-state index is 0.0718. The maximum atomic E-state index is 2.75. The molecule has 21 rings (SSSR count). The minimum Gasteiger partial charge on any atom is -0.309 e. The van der Waals surface area contributed by atoms with Gasteiger partial charge in [-0.2, -0.15) is 0 Å². The summed E-state index contributed by atoms with van der Waals surface area (Å²) < 4.78 is 10.3. The van der Waals surface area contributed by atoms with Gasteiger partial charge in [-0.25, -0.2) is 0 Å². The fourth-order valence-corrected chi connectivity index (χ4v) is 20.2. The summed E-state index contributed by atoms with van der Waals surface area (Å²) in [5, 5.41) is 9.92. The molecule has 0 radical (unpaired) electrons. The Morgan fingerprint density at radius 1 is 0.207 bits per heavy atom. The van der Waals surface area contributed by atoms with Crippen LogP contribution >= 0.6 is 0 Å². The average Bonchev–Trinajstić information content (AvgIpc) is 1.65. The van der Waals surface area contributed by atoms with E-state index in [1.807, 2.05) is 0 Å². The normalized spacial score (nSPS) is 13.4. The van der Waals surface area contributed by atoms with E-state index in [9.17, 15) is 0 Å². The molecule has 0 N–H and O–H groups in total. The van der Waals surface area contributed by atoms with Gasteiger partial charge in [0.2, 0.25) is 0 Å². The second-order valence-corrected chi connectivity index (χ2v) is 40.3. The first-order chi connectivity index (χ1) is 57.8. The van der Waals surface area contributed by atoms with Crippen molar-refractivity contribution >= 4 is 144 Å². The van der Waals surface area contributed by atoms with Gasteiger partial charge in [0.1, 0.15) is 0 Å². The lowest BCUT2D eigenvalue weighted by Gasteiger charge is -2.45. The van der Waals surface area contributed by atoms with E-state index in [4.69, 9.17) is 0 Å². The van der Waals surface area contributed by atoms with Crippen LogP contribution in [0.5, 0.6) is 0 Å². The highest BCUT2D eigenvalue weighted by molar-refractivity contribution is 7.00. The number of aryl methyl sites for hydroxylation is 4. The third-order valence-electron chi connectivity index (χ3n) is 26.6. The van der Waals surface area contributed by atoms with Crippen LogP contribution in [0.3, 0.4) is 0 Å². The molecular weight excluding hydrogens is 1460 g/mol. The Morgan fingerprint density at radius 3 is 0.860 bits per heavy atom. The molecule has 2 aliphatic heterocycles. The zero-order valence-electron chi connectivity index (χ0n) is 73.5. The van der Waals surface area contributed by atoms with Gasteiger partial charge in [-0.15, -0.1) is 0 Å². The highest BCUT2D eigenvalue weighted by atomic mass is 15.2. The highest BCUT2D eigenvalue weighted by Crippen LogP contribution is 2.54. The molecule has 2 aliphatic rings. The molecule has 0 saturated carbocycles. The molecule has 0 unspecified atom stereocenters. The lowest BCUT2D eigenvalue weighted by atomic mass is 9.33. The highest BCUT2D eigenvalue weighted by Gasteiger charge is 2.46. The molecule has 4 aromatic heterocycles. The van der Waals surface area contributed by atoms with Crippen molar-refractivity contribution in [2.75, 3.05) is 9.80 Å². The van der Waals surface area contributed by atoms with E-state index in [-0.39, 0.29) is 33.8 Å². The van der Waals surface area contributed by atoms with Gasteiger partial charge in [-0.05, 0) is 290 Å². The van der Waals surface area contributed by atoms with Crippen molar-refractivity contribution in [1.29, 1.82) is 0 Å². The number of aromatic nitrogens is 4. The Kier molecular flexibility index (Phi) is 16.8. The van der Waals surface area contributed by atoms with E-state index in [0.29, 0.717) is 0 Å². The number of benzene rings is 15. The molecule has 6 heterocycles. The van der Waals surface area contributed by atoms with E-state index in [0.717, 1.165) is 78.9 Å². The molecule has 0 amide bonds. The molecule has 6 nitrogen and oxygen atoms in total. The van der Waals surface area contributed by atoms with E-state index < -0.39 is 0 Å². The summed E-state index contributed by atoms with van der Waals surface area (Å²) in [5.41, 5.74) is 39.7. The van der Waals surface area contributed by atoms with Crippen LogP contribution in [0.2, 0.25) is 0 Å². The molecule has 594 valence electrons. The summed E-state index contributed by atoms with van der Waals surface area (Å²) in [6, 6.07) is 114. The topological polar surface area (TPSA) is 26.2 Å². The molecule has 0 spiro atoms. The molecular formula is C114H105BN6. The number of rotatable bonds is 8. The van der Waals surface area contributed by atoms with Gasteiger partial charge in [0.15, 0.2) is 0 Å². The predicted octanol–water partition coefficient (Wildman–Crippen LogP) is 29.2. The second kappa shape index (κ2) is 26.8. The first kappa shape index (κ1) is 75.6. The SMILES string of the molecule is Cc1ccc2c(c1)c1cc(C)cc(N3c4cc(-n5c6ccc(C(C)(C)C)cc6c6cc(C(C)(C)C)ccc65)ccc4B4c5ccc(-n6c7ccc(C(C)(C)C)cc7c7cc(C(C)(C)C)ccc76)cc5N(c5cc(C)cc6c7cc(C)ccc7n(-c7cccc(-c8ccccc8)c7)c56)c5cc(C(C)(C)C)cc3c54)c1n2-c1cccc(-c2ccccc2)c1. The zero-order valence-corrected chi connectivity index (χ0v) is 73.5. The second-order valence-electron chi connectivity index (χ2n) is 40.3. The van der Waals surface area contributed by atoms with Crippen LogP contribution in [0.4, 0.5) is 34.1 Å². The lowest BCUT2D eigenvalue weighted by molar-refractivity contribution is 0.590. The number of hydrogen-bond donors (Lipinski definition) is 0. The Balaban J connectivity index is 0.927. The van der Waals surface area contributed by atoms with Crippen molar-refractivity contribution in [1.82, 2.24) is 18.3 Å². The third-order valence-corrected chi connectivity index (χ3v) is 26.6. The fraction of sp³-hybridized carbons (Fsp3) is 0.211. The summed E-state index contributed by atoms with van der Waals surface area (Å²) in [4.78, 5) is 5.50. The number of nitrogens with zero attached hydrogens (tertiary/aromatic N) is 6. The van der Waals surface area contributed by atoms with Gasteiger partial charge in [-0.3, -0.25) is 0 Å². The van der Waals surface area contributed by atoms with Crippen molar-refractivity contribution in [3.8, 4) is 45.0 Å². The summed E-state index contributed by atoms with van der Waals surface area (Å²) in [7, 11) is 0. The molecule has 0 fully saturated rings.